The van der Waals surface area contributed by atoms with Gasteiger partial charge in [0.1, 0.15) is 6.20 Å². The number of aryl methyl sites for hydroxylation is 1. The number of para-hydroxylation sites is 1. The minimum atomic E-state index is -0.550. The smallest absolute Gasteiger partial charge is 0.305 e. The van der Waals surface area contributed by atoms with Crippen LogP contribution in [0.15, 0.2) is 30.5 Å². The molecule has 1 fully saturated rings. The summed E-state index contributed by atoms with van der Waals surface area (Å²) < 4.78 is 1.32. The highest BCUT2D eigenvalue weighted by Gasteiger charge is 2.36. The summed E-state index contributed by atoms with van der Waals surface area (Å²) in [5, 5.41) is 15.4. The van der Waals surface area contributed by atoms with Gasteiger partial charge in [0.05, 0.1) is 4.92 Å². The second kappa shape index (κ2) is 5.96. The van der Waals surface area contributed by atoms with Gasteiger partial charge in [0, 0.05) is 31.9 Å². The molecule has 3 heterocycles. The Morgan fingerprint density at radius 3 is 2.96 bits per heavy atom. The molecule has 0 radical (unpaired) electrons. The molecule has 0 spiro atoms. The molecule has 2 aliphatic heterocycles. The molecular weight excluding hydrogens is 322 g/mol. The van der Waals surface area contributed by atoms with Crippen LogP contribution in [0.1, 0.15) is 28.9 Å². The third kappa shape index (κ3) is 2.68. The molecule has 0 bridgehead atoms. The van der Waals surface area contributed by atoms with Gasteiger partial charge >= 0.3 is 5.69 Å². The molecule has 1 amide bonds. The minimum Gasteiger partial charge on any atom is -0.305 e. The number of aromatic nitrogens is 2. The van der Waals surface area contributed by atoms with Crippen LogP contribution in [0.2, 0.25) is 0 Å². The van der Waals surface area contributed by atoms with Crippen molar-refractivity contribution in [2.24, 2.45) is 7.05 Å². The van der Waals surface area contributed by atoms with Crippen LogP contribution in [0.4, 0.5) is 11.4 Å². The zero-order valence-corrected chi connectivity index (χ0v) is 14.0. The Labute approximate surface area is 144 Å². The molecule has 25 heavy (non-hydrogen) atoms. The summed E-state index contributed by atoms with van der Waals surface area (Å²) in [5.41, 5.74) is 1.53. The molecule has 8 nitrogen and oxygen atoms in total. The number of hydrogen-bond donors (Lipinski definition) is 0. The van der Waals surface area contributed by atoms with Crippen molar-refractivity contribution in [2.45, 2.75) is 25.4 Å². The lowest BCUT2D eigenvalue weighted by atomic mass is 10.1. The molecule has 0 N–H and O–H groups in total. The van der Waals surface area contributed by atoms with Crippen LogP contribution in [0.5, 0.6) is 0 Å². The fourth-order valence-electron chi connectivity index (χ4n) is 3.83. The molecule has 130 valence electrons. The molecule has 0 unspecified atom stereocenters. The van der Waals surface area contributed by atoms with E-state index in [-0.39, 0.29) is 17.4 Å². The van der Waals surface area contributed by atoms with Gasteiger partial charge in [0.15, 0.2) is 0 Å². The quantitative estimate of drug-likeness (QED) is 0.616. The third-order valence-corrected chi connectivity index (χ3v) is 5.00. The van der Waals surface area contributed by atoms with Crippen molar-refractivity contribution in [1.82, 2.24) is 14.7 Å². The topological polar surface area (TPSA) is 84.5 Å². The number of rotatable bonds is 2. The number of fused-ring (bicyclic) bond motifs is 2. The second-order valence-corrected chi connectivity index (χ2v) is 6.60. The number of anilines is 1. The first kappa shape index (κ1) is 15.8. The summed E-state index contributed by atoms with van der Waals surface area (Å²) in [6.45, 7) is 2.35. The van der Waals surface area contributed by atoms with Gasteiger partial charge in [-0.1, -0.05) is 18.2 Å². The summed E-state index contributed by atoms with van der Waals surface area (Å²) >= 11 is 0. The SMILES string of the molecule is Cn1cc([N+](=O)[O-])c(C(=O)N2C[C@@H]3CCCN3Cc3ccccc32)n1. The molecule has 1 aromatic heterocycles. The molecule has 2 aliphatic rings. The summed E-state index contributed by atoms with van der Waals surface area (Å²) in [5.74, 6) is -0.409. The Hall–Kier alpha value is -2.74. The lowest BCUT2D eigenvalue weighted by Gasteiger charge is -2.25. The molecule has 2 aromatic rings. The van der Waals surface area contributed by atoms with E-state index in [0.29, 0.717) is 6.54 Å². The van der Waals surface area contributed by atoms with Crippen molar-refractivity contribution in [2.75, 3.05) is 18.0 Å². The predicted octanol–water partition coefficient (Wildman–Crippen LogP) is 1.95. The van der Waals surface area contributed by atoms with Crippen LogP contribution in [0.25, 0.3) is 0 Å². The summed E-state index contributed by atoms with van der Waals surface area (Å²) in [4.78, 5) is 28.0. The Kier molecular flexibility index (Phi) is 3.76. The van der Waals surface area contributed by atoms with Crippen LogP contribution in [0.3, 0.4) is 0 Å². The molecule has 0 aliphatic carbocycles. The molecule has 0 saturated carbocycles. The van der Waals surface area contributed by atoms with E-state index in [0.717, 1.165) is 37.2 Å². The molecule has 8 heteroatoms. The minimum absolute atomic E-state index is 0.103. The molecule has 1 saturated heterocycles. The van der Waals surface area contributed by atoms with E-state index in [2.05, 4.69) is 10.00 Å². The maximum atomic E-state index is 13.2. The molecule has 1 atom stereocenters. The van der Waals surface area contributed by atoms with Crippen LogP contribution in [-0.4, -0.2) is 44.6 Å². The van der Waals surface area contributed by atoms with E-state index >= 15 is 0 Å². The van der Waals surface area contributed by atoms with E-state index in [9.17, 15) is 14.9 Å². The van der Waals surface area contributed by atoms with Crippen LogP contribution in [-0.2, 0) is 13.6 Å². The van der Waals surface area contributed by atoms with Crippen LogP contribution < -0.4 is 4.90 Å². The summed E-state index contributed by atoms with van der Waals surface area (Å²) in [6, 6.07) is 8.05. The van der Waals surface area contributed by atoms with Crippen molar-refractivity contribution < 1.29 is 9.72 Å². The lowest BCUT2D eigenvalue weighted by Crippen LogP contribution is -2.40. The van der Waals surface area contributed by atoms with Crippen molar-refractivity contribution in [1.29, 1.82) is 0 Å². The Morgan fingerprint density at radius 2 is 2.16 bits per heavy atom. The zero-order chi connectivity index (χ0) is 17.6. The number of carbonyl (C=O) groups is 1. The van der Waals surface area contributed by atoms with Crippen LogP contribution in [0, 0.1) is 10.1 Å². The van der Waals surface area contributed by atoms with Crippen molar-refractivity contribution in [3.8, 4) is 0 Å². The van der Waals surface area contributed by atoms with Crippen molar-refractivity contribution >= 4 is 17.3 Å². The lowest BCUT2D eigenvalue weighted by molar-refractivity contribution is -0.385. The Balaban J connectivity index is 1.78. The summed E-state index contributed by atoms with van der Waals surface area (Å²) in [7, 11) is 1.58. The Bertz CT molecular complexity index is 847. The standard InChI is InChI=1S/C17H19N5O3/c1-19-11-15(22(24)25)16(18-19)17(23)21-10-13-6-4-8-20(13)9-12-5-2-3-7-14(12)21/h2-3,5,7,11,13H,4,6,8-10H2,1H3/t13-/m0/s1. The van der Waals surface area contributed by atoms with E-state index in [1.165, 1.54) is 10.9 Å². The van der Waals surface area contributed by atoms with Gasteiger partial charge in [-0.25, -0.2) is 0 Å². The summed E-state index contributed by atoms with van der Waals surface area (Å²) in [6.07, 6.45) is 3.42. The normalized spacial score (nSPS) is 20.0. The monoisotopic (exact) mass is 341 g/mol. The molecule has 1 aromatic carbocycles. The highest BCUT2D eigenvalue weighted by Crippen LogP contribution is 2.33. The van der Waals surface area contributed by atoms with E-state index < -0.39 is 10.8 Å². The highest BCUT2D eigenvalue weighted by atomic mass is 16.6. The maximum absolute atomic E-state index is 13.2. The third-order valence-electron chi connectivity index (χ3n) is 5.00. The molecular formula is C17H19N5O3. The van der Waals surface area contributed by atoms with Gasteiger partial charge in [-0.15, -0.1) is 0 Å². The first-order valence-corrected chi connectivity index (χ1v) is 8.36. The van der Waals surface area contributed by atoms with E-state index in [4.69, 9.17) is 0 Å². The number of benzene rings is 1. The Morgan fingerprint density at radius 1 is 1.36 bits per heavy atom. The maximum Gasteiger partial charge on any atom is 0.320 e. The van der Waals surface area contributed by atoms with Crippen LogP contribution >= 0.6 is 0 Å². The number of nitrogens with zero attached hydrogens (tertiary/aromatic N) is 5. The number of amides is 1. The van der Waals surface area contributed by atoms with Gasteiger partial charge in [0.2, 0.25) is 5.69 Å². The average Bonchev–Trinajstić information content (AvgIpc) is 3.16. The van der Waals surface area contributed by atoms with E-state index in [1.54, 1.807) is 11.9 Å². The molecule has 4 rings (SSSR count). The number of nitro groups is 1. The van der Waals surface area contributed by atoms with Gasteiger partial charge in [-0.3, -0.25) is 24.5 Å². The first-order chi connectivity index (χ1) is 12.0. The largest absolute Gasteiger partial charge is 0.320 e. The predicted molar refractivity (Wildman–Crippen MR) is 91.4 cm³/mol. The fourth-order valence-corrected chi connectivity index (χ4v) is 3.83. The fraction of sp³-hybridized carbons (Fsp3) is 0.412. The highest BCUT2D eigenvalue weighted by molar-refractivity contribution is 6.07. The van der Waals surface area contributed by atoms with Gasteiger partial charge in [0.25, 0.3) is 5.91 Å². The van der Waals surface area contributed by atoms with Gasteiger partial charge in [-0.2, -0.15) is 5.10 Å². The number of hydrogen-bond acceptors (Lipinski definition) is 5. The van der Waals surface area contributed by atoms with E-state index in [1.807, 2.05) is 24.3 Å². The van der Waals surface area contributed by atoms with Gasteiger partial charge < -0.3 is 4.90 Å². The number of carbonyl (C=O) groups excluding carboxylic acids is 1. The first-order valence-electron chi connectivity index (χ1n) is 8.36. The second-order valence-electron chi connectivity index (χ2n) is 6.60. The zero-order valence-electron chi connectivity index (χ0n) is 14.0. The average molecular weight is 341 g/mol. The van der Waals surface area contributed by atoms with Crippen molar-refractivity contribution in [3.05, 3.63) is 51.8 Å². The van der Waals surface area contributed by atoms with Crippen molar-refractivity contribution in [3.63, 3.8) is 0 Å². The van der Waals surface area contributed by atoms with Gasteiger partial charge in [-0.05, 0) is 31.0 Å².